The summed E-state index contributed by atoms with van der Waals surface area (Å²) in [7, 11) is 0. The van der Waals surface area contributed by atoms with E-state index in [9.17, 15) is 9.90 Å². The molecular weight excluding hydrogens is 280 g/mol. The normalized spacial score (nSPS) is 11.6. The van der Waals surface area contributed by atoms with Crippen LogP contribution in [0.25, 0.3) is 5.53 Å². The monoisotopic (exact) mass is 305 g/mol. The summed E-state index contributed by atoms with van der Waals surface area (Å²) in [6, 6.07) is 0. The Kier molecular flexibility index (Phi) is 10.4. The second kappa shape index (κ2) is 11.5. The Labute approximate surface area is 132 Å². The molecule has 0 saturated heterocycles. The van der Waals surface area contributed by atoms with E-state index < -0.39 is 11.9 Å². The predicted molar refractivity (Wildman–Crippen MR) is 85.7 cm³/mol. The van der Waals surface area contributed by atoms with Crippen molar-refractivity contribution >= 4 is 11.9 Å². The van der Waals surface area contributed by atoms with Crippen molar-refractivity contribution in [2.45, 2.75) is 53.4 Å². The number of carbonyl (C=O) groups is 1. The average molecular weight is 305 g/mol. The van der Waals surface area contributed by atoms with Gasteiger partial charge in [-0.2, -0.15) is 5.11 Å². The van der Waals surface area contributed by atoms with Gasteiger partial charge in [-0.1, -0.05) is 28.9 Å². The fourth-order valence-corrected chi connectivity index (χ4v) is 1.70. The van der Waals surface area contributed by atoms with Crippen LogP contribution in [0.5, 0.6) is 0 Å². The summed E-state index contributed by atoms with van der Waals surface area (Å²) in [6.07, 6.45) is 10.1. The van der Waals surface area contributed by atoms with Crippen molar-refractivity contribution in [3.05, 3.63) is 40.5 Å². The Morgan fingerprint density at radius 2 is 1.55 bits per heavy atom. The zero-order valence-electron chi connectivity index (χ0n) is 13.9. The third-order valence-electron chi connectivity index (χ3n) is 3.03. The smallest absolute Gasteiger partial charge is 0.450 e. The second-order valence-corrected chi connectivity index (χ2v) is 5.46. The highest BCUT2D eigenvalue weighted by atomic mass is 16.5. The van der Waals surface area contributed by atoms with Crippen LogP contribution >= 0.6 is 0 Å². The topological polar surface area (TPSA) is 82.6 Å². The summed E-state index contributed by atoms with van der Waals surface area (Å²) in [6.45, 7) is 8.28. The van der Waals surface area contributed by atoms with Gasteiger partial charge >= 0.3 is 11.9 Å². The summed E-state index contributed by atoms with van der Waals surface area (Å²) >= 11 is 0. The molecule has 0 aliphatic heterocycles. The van der Waals surface area contributed by atoms with Gasteiger partial charge in [-0.3, -0.25) is 0 Å². The Bertz CT molecular complexity index is 506. The van der Waals surface area contributed by atoms with Gasteiger partial charge in [-0.15, -0.1) is 4.79 Å². The Balaban J connectivity index is 4.04. The molecule has 1 radical (unpaired) electrons. The van der Waals surface area contributed by atoms with Crippen LogP contribution in [0.15, 0.2) is 34.9 Å². The molecule has 0 aliphatic carbocycles. The lowest BCUT2D eigenvalue weighted by molar-refractivity contribution is -0.144. The Morgan fingerprint density at radius 3 is 2.09 bits per heavy atom. The summed E-state index contributed by atoms with van der Waals surface area (Å²) < 4.78 is 4.63. The molecule has 0 fully saturated rings. The molecule has 0 atom stereocenters. The molecule has 0 aromatic heterocycles. The van der Waals surface area contributed by atoms with Crippen molar-refractivity contribution in [3.63, 3.8) is 0 Å². The SMILES string of the molecule is CC(C)=CCCC(C)=CCCC(C)=CCOC(=O)C([O])=[N+]=[N-]. The molecule has 0 bridgehead atoms. The highest BCUT2D eigenvalue weighted by Crippen LogP contribution is 2.11. The molecule has 0 heterocycles. The van der Waals surface area contributed by atoms with E-state index in [0.717, 1.165) is 31.3 Å². The van der Waals surface area contributed by atoms with Crippen LogP contribution in [0.1, 0.15) is 53.4 Å². The van der Waals surface area contributed by atoms with E-state index in [1.807, 2.05) is 6.92 Å². The van der Waals surface area contributed by atoms with Crippen molar-refractivity contribution < 1.29 is 19.4 Å². The van der Waals surface area contributed by atoms with E-state index in [2.05, 4.69) is 42.4 Å². The minimum Gasteiger partial charge on any atom is -0.450 e. The lowest BCUT2D eigenvalue weighted by Gasteiger charge is -2.01. The first kappa shape index (κ1) is 19.9. The van der Waals surface area contributed by atoms with Crippen molar-refractivity contribution in [1.82, 2.24) is 0 Å². The van der Waals surface area contributed by atoms with E-state index in [1.165, 1.54) is 11.1 Å². The molecule has 121 valence electrons. The molecule has 0 aromatic carbocycles. The number of hydrogen-bond acceptors (Lipinski definition) is 2. The highest BCUT2D eigenvalue weighted by molar-refractivity contribution is 6.28. The van der Waals surface area contributed by atoms with Crippen LogP contribution in [0.4, 0.5) is 0 Å². The number of ether oxygens (including phenoxy) is 1. The maximum atomic E-state index is 10.9. The van der Waals surface area contributed by atoms with Crippen molar-refractivity contribution in [2.75, 3.05) is 6.61 Å². The minimum atomic E-state index is -1.29. The Morgan fingerprint density at radius 1 is 1.00 bits per heavy atom. The van der Waals surface area contributed by atoms with Gasteiger partial charge in [0.15, 0.2) is 0 Å². The summed E-state index contributed by atoms with van der Waals surface area (Å²) in [5, 5.41) is 10.6. The zero-order chi connectivity index (χ0) is 17.0. The third kappa shape index (κ3) is 10.6. The van der Waals surface area contributed by atoms with Gasteiger partial charge in [-0.05, 0) is 59.5 Å². The highest BCUT2D eigenvalue weighted by Gasteiger charge is 2.21. The van der Waals surface area contributed by atoms with Gasteiger partial charge in [0.1, 0.15) is 6.61 Å². The number of rotatable bonds is 8. The van der Waals surface area contributed by atoms with Crippen molar-refractivity contribution in [3.8, 4) is 0 Å². The molecule has 0 unspecified atom stereocenters. The summed E-state index contributed by atoms with van der Waals surface area (Å²) in [5.41, 5.74) is 11.9. The largest absolute Gasteiger partial charge is 0.601 e. The molecule has 0 spiro atoms. The first-order valence-corrected chi connectivity index (χ1v) is 7.37. The molecule has 0 aromatic rings. The van der Waals surface area contributed by atoms with E-state index >= 15 is 0 Å². The van der Waals surface area contributed by atoms with Gasteiger partial charge in [0, 0.05) is 0 Å². The number of esters is 1. The molecule has 0 N–H and O–H groups in total. The van der Waals surface area contributed by atoms with E-state index in [-0.39, 0.29) is 6.61 Å². The van der Waals surface area contributed by atoms with Crippen LogP contribution in [0, 0.1) is 0 Å². The van der Waals surface area contributed by atoms with Crippen LogP contribution in [-0.4, -0.2) is 23.3 Å². The van der Waals surface area contributed by atoms with E-state index in [0.29, 0.717) is 0 Å². The van der Waals surface area contributed by atoms with Gasteiger partial charge in [0.05, 0.1) is 0 Å². The molecule has 5 heteroatoms. The van der Waals surface area contributed by atoms with Crippen LogP contribution in [-0.2, 0) is 14.6 Å². The van der Waals surface area contributed by atoms with Gasteiger partial charge < -0.3 is 10.3 Å². The summed E-state index contributed by atoms with van der Waals surface area (Å²) in [4.78, 5) is 13.2. The molecule has 0 amide bonds. The molecule has 0 rings (SSSR count). The Hall–Kier alpha value is -2.13. The quantitative estimate of drug-likeness (QED) is 0.169. The number of carbonyl (C=O) groups excluding carboxylic acids is 1. The maximum Gasteiger partial charge on any atom is 0.601 e. The molecule has 0 aliphatic rings. The number of hydrogen-bond donors (Lipinski definition) is 0. The standard InChI is InChI=1S/C17H25N2O3/c1-13(2)7-5-8-14(3)9-6-10-15(4)11-12-22-17(21)16(20)19-18/h7,9,11H,5-6,8,10,12H2,1-4H3. The minimum absolute atomic E-state index is 0.00912. The first-order valence-electron chi connectivity index (χ1n) is 7.37. The first-order chi connectivity index (χ1) is 10.4. The predicted octanol–water partition coefficient (Wildman–Crippen LogP) is 4.01. The summed E-state index contributed by atoms with van der Waals surface area (Å²) in [5.74, 6) is -2.44. The average Bonchev–Trinajstić information content (AvgIpc) is 2.45. The molecule has 22 heavy (non-hydrogen) atoms. The van der Waals surface area contributed by atoms with Crippen LogP contribution < -0.4 is 0 Å². The third-order valence-corrected chi connectivity index (χ3v) is 3.03. The molecule has 5 nitrogen and oxygen atoms in total. The number of allylic oxidation sites excluding steroid dienone is 5. The molecule has 0 saturated carbocycles. The van der Waals surface area contributed by atoms with E-state index in [1.54, 1.807) is 6.08 Å². The second-order valence-electron chi connectivity index (χ2n) is 5.46. The maximum absolute atomic E-state index is 10.9. The van der Waals surface area contributed by atoms with Crippen LogP contribution in [0.2, 0.25) is 0 Å². The fraction of sp³-hybridized carbons (Fsp3) is 0.529. The van der Waals surface area contributed by atoms with Gasteiger partial charge in [-0.25, -0.2) is 4.79 Å². The van der Waals surface area contributed by atoms with Crippen LogP contribution in [0.3, 0.4) is 0 Å². The molecular formula is C17H25N2O3. The van der Waals surface area contributed by atoms with E-state index in [4.69, 9.17) is 5.53 Å². The zero-order valence-corrected chi connectivity index (χ0v) is 13.9. The lowest BCUT2D eigenvalue weighted by atomic mass is 10.1. The van der Waals surface area contributed by atoms with Crippen molar-refractivity contribution in [1.29, 1.82) is 0 Å². The number of nitrogens with zero attached hydrogens (tertiary/aromatic N) is 2. The van der Waals surface area contributed by atoms with Gasteiger partial charge in [0.2, 0.25) is 0 Å². The lowest BCUT2D eigenvalue weighted by Crippen LogP contribution is -2.16. The van der Waals surface area contributed by atoms with Crippen molar-refractivity contribution in [2.24, 2.45) is 0 Å². The van der Waals surface area contributed by atoms with Gasteiger partial charge in [0.25, 0.3) is 0 Å². The fourth-order valence-electron chi connectivity index (χ4n) is 1.70.